The van der Waals surface area contributed by atoms with Gasteiger partial charge in [0, 0.05) is 25.7 Å². The van der Waals surface area contributed by atoms with Crippen molar-refractivity contribution in [2.75, 3.05) is 38.2 Å². The predicted molar refractivity (Wildman–Crippen MR) is 123 cm³/mol. The second kappa shape index (κ2) is 8.89. The molecule has 3 amide bonds. The van der Waals surface area contributed by atoms with Gasteiger partial charge in [0.05, 0.1) is 33.9 Å². The van der Waals surface area contributed by atoms with E-state index in [1.807, 2.05) is 18.2 Å². The number of hydrogen-bond acceptors (Lipinski definition) is 9. The van der Waals surface area contributed by atoms with E-state index >= 15 is 0 Å². The molecule has 3 aromatic rings. The molecule has 0 saturated carbocycles. The lowest BCUT2D eigenvalue weighted by Gasteiger charge is -2.26. The van der Waals surface area contributed by atoms with Crippen molar-refractivity contribution in [2.24, 2.45) is 0 Å². The number of nitro benzene ring substituents is 1. The molecule has 0 aliphatic carbocycles. The zero-order chi connectivity index (χ0) is 23.8. The number of ether oxygens (including phenoxy) is 1. The third-order valence-electron chi connectivity index (χ3n) is 5.68. The number of carbonyl (C=O) groups excluding carboxylic acids is 3. The Hall–Kier alpha value is -3.74. The van der Waals surface area contributed by atoms with E-state index in [0.29, 0.717) is 10.0 Å². The van der Waals surface area contributed by atoms with Gasteiger partial charge >= 0.3 is 0 Å². The maximum Gasteiger partial charge on any atom is 0.282 e. The number of carbonyl (C=O) groups is 3. The number of rotatable bonds is 6. The number of amides is 3. The summed E-state index contributed by atoms with van der Waals surface area (Å²) in [5, 5.41) is 14.2. The van der Waals surface area contributed by atoms with Crippen LogP contribution in [0.3, 0.4) is 0 Å². The quantitative estimate of drug-likeness (QED) is 0.322. The topological polar surface area (TPSA) is 135 Å². The fraction of sp³-hybridized carbons (Fsp3) is 0.273. The molecule has 0 atom stereocenters. The van der Waals surface area contributed by atoms with Gasteiger partial charge in [0.25, 0.3) is 17.5 Å². The number of nitro groups is 1. The molecule has 2 aromatic carbocycles. The smallest absolute Gasteiger partial charge is 0.282 e. The molecule has 0 radical (unpaired) electrons. The third-order valence-corrected chi connectivity index (χ3v) is 6.62. The van der Waals surface area contributed by atoms with Crippen molar-refractivity contribution >= 4 is 50.1 Å². The van der Waals surface area contributed by atoms with Gasteiger partial charge in [-0.2, -0.15) is 0 Å². The Morgan fingerprint density at radius 3 is 2.74 bits per heavy atom. The SMILES string of the molecule is O=C(CN1C(=O)c2cccc([N+](=O)[O-])c2C1=O)Nc1nc2ccc(CN3CCOCC3)cc2s1. The largest absolute Gasteiger partial charge is 0.379 e. The highest BCUT2D eigenvalue weighted by atomic mass is 32.1. The molecule has 174 valence electrons. The van der Waals surface area contributed by atoms with Crippen molar-refractivity contribution in [3.8, 4) is 0 Å². The molecule has 0 bridgehead atoms. The first-order valence-electron chi connectivity index (χ1n) is 10.5. The average molecular weight is 481 g/mol. The number of benzene rings is 2. The average Bonchev–Trinajstić information content (AvgIpc) is 3.32. The van der Waals surface area contributed by atoms with E-state index in [0.717, 1.165) is 54.7 Å². The molecule has 1 saturated heterocycles. The fourth-order valence-electron chi connectivity index (χ4n) is 4.05. The lowest BCUT2D eigenvalue weighted by molar-refractivity contribution is -0.385. The van der Waals surface area contributed by atoms with E-state index < -0.39 is 34.9 Å². The highest BCUT2D eigenvalue weighted by Gasteiger charge is 2.41. The first kappa shape index (κ1) is 22.1. The Kier molecular flexibility index (Phi) is 5.77. The van der Waals surface area contributed by atoms with Crippen molar-refractivity contribution < 1.29 is 24.0 Å². The van der Waals surface area contributed by atoms with Gasteiger partial charge in [0.15, 0.2) is 5.13 Å². The molecule has 12 heteroatoms. The van der Waals surface area contributed by atoms with Crippen molar-refractivity contribution in [1.82, 2.24) is 14.8 Å². The van der Waals surface area contributed by atoms with Crippen molar-refractivity contribution in [2.45, 2.75) is 6.54 Å². The molecule has 2 aliphatic rings. The van der Waals surface area contributed by atoms with Crippen LogP contribution in [0, 0.1) is 10.1 Å². The van der Waals surface area contributed by atoms with Crippen LogP contribution < -0.4 is 5.32 Å². The van der Waals surface area contributed by atoms with Crippen LogP contribution in [0.2, 0.25) is 0 Å². The second-order valence-corrected chi connectivity index (χ2v) is 8.94. The number of imide groups is 1. The minimum atomic E-state index is -0.862. The first-order valence-corrected chi connectivity index (χ1v) is 11.4. The van der Waals surface area contributed by atoms with Gasteiger partial charge in [-0.15, -0.1) is 0 Å². The van der Waals surface area contributed by atoms with Gasteiger partial charge in [-0.1, -0.05) is 23.5 Å². The summed E-state index contributed by atoms with van der Waals surface area (Å²) in [6, 6.07) is 9.74. The van der Waals surface area contributed by atoms with Crippen LogP contribution in [-0.2, 0) is 16.1 Å². The molecule has 3 heterocycles. The van der Waals surface area contributed by atoms with Gasteiger partial charge in [-0.25, -0.2) is 4.98 Å². The number of aromatic nitrogens is 1. The Morgan fingerprint density at radius 1 is 1.18 bits per heavy atom. The third kappa shape index (κ3) is 4.14. The van der Waals surface area contributed by atoms with Gasteiger partial charge < -0.3 is 10.1 Å². The number of nitrogens with zero attached hydrogens (tertiary/aromatic N) is 4. The predicted octanol–water partition coefficient (Wildman–Crippen LogP) is 2.27. The molecule has 1 fully saturated rings. The maximum absolute atomic E-state index is 12.7. The molecule has 2 aliphatic heterocycles. The molecule has 1 N–H and O–H groups in total. The van der Waals surface area contributed by atoms with Gasteiger partial charge in [-0.05, 0) is 23.8 Å². The van der Waals surface area contributed by atoms with Gasteiger partial charge in [-0.3, -0.25) is 34.3 Å². The first-order chi connectivity index (χ1) is 16.4. The van der Waals surface area contributed by atoms with Crippen molar-refractivity contribution in [3.63, 3.8) is 0 Å². The molecular weight excluding hydrogens is 462 g/mol. The molecular formula is C22H19N5O6S. The number of morpholine rings is 1. The van der Waals surface area contributed by atoms with Crippen LogP contribution in [0.25, 0.3) is 10.2 Å². The van der Waals surface area contributed by atoms with Crippen molar-refractivity contribution in [3.05, 3.63) is 63.2 Å². The standard InChI is InChI=1S/C22H19N5O6S/c28-18(12-26-20(29)14-2-1-3-16(27(31)32)19(14)21(26)30)24-22-23-15-5-4-13(10-17(15)34-22)11-25-6-8-33-9-7-25/h1-5,10H,6-9,11-12H2,(H,23,24,28). The summed E-state index contributed by atoms with van der Waals surface area (Å²) in [6.07, 6.45) is 0. The van der Waals surface area contributed by atoms with E-state index in [1.165, 1.54) is 23.5 Å². The molecule has 1 aromatic heterocycles. The van der Waals surface area contributed by atoms with Crippen molar-refractivity contribution in [1.29, 1.82) is 0 Å². The van der Waals surface area contributed by atoms with E-state index in [1.54, 1.807) is 0 Å². The number of fused-ring (bicyclic) bond motifs is 2. The summed E-state index contributed by atoms with van der Waals surface area (Å²) in [6.45, 7) is 3.43. The van der Waals surface area contributed by atoms with Crippen LogP contribution in [-0.4, -0.2) is 70.3 Å². The summed E-state index contributed by atoms with van der Waals surface area (Å²) >= 11 is 1.29. The molecule has 34 heavy (non-hydrogen) atoms. The zero-order valence-corrected chi connectivity index (χ0v) is 18.7. The monoisotopic (exact) mass is 481 g/mol. The van der Waals surface area contributed by atoms with E-state index in [-0.39, 0.29) is 11.1 Å². The fourth-order valence-corrected chi connectivity index (χ4v) is 5.00. The minimum Gasteiger partial charge on any atom is -0.379 e. The van der Waals surface area contributed by atoms with E-state index in [9.17, 15) is 24.5 Å². The Balaban J connectivity index is 1.27. The van der Waals surface area contributed by atoms with Crippen LogP contribution >= 0.6 is 11.3 Å². The van der Waals surface area contributed by atoms with Crippen LogP contribution in [0.1, 0.15) is 26.3 Å². The summed E-state index contributed by atoms with van der Waals surface area (Å²) in [4.78, 5) is 55.8. The van der Waals surface area contributed by atoms with Gasteiger partial charge in [0.2, 0.25) is 5.91 Å². The summed E-state index contributed by atoms with van der Waals surface area (Å²) < 4.78 is 6.28. The minimum absolute atomic E-state index is 0.0835. The molecule has 5 rings (SSSR count). The zero-order valence-electron chi connectivity index (χ0n) is 17.9. The van der Waals surface area contributed by atoms with Gasteiger partial charge in [0.1, 0.15) is 12.1 Å². The number of hydrogen-bond donors (Lipinski definition) is 1. The number of thiazole rings is 1. The lowest BCUT2D eigenvalue weighted by Crippen LogP contribution is -2.37. The Bertz CT molecular complexity index is 1330. The summed E-state index contributed by atoms with van der Waals surface area (Å²) in [5.74, 6) is -2.22. The van der Waals surface area contributed by atoms with E-state index in [4.69, 9.17) is 4.74 Å². The normalized spacial score (nSPS) is 16.2. The van der Waals surface area contributed by atoms with Crippen LogP contribution in [0.15, 0.2) is 36.4 Å². The molecule has 0 unspecified atom stereocenters. The maximum atomic E-state index is 12.7. The van der Waals surface area contributed by atoms with Crippen LogP contribution in [0.5, 0.6) is 0 Å². The summed E-state index contributed by atoms with van der Waals surface area (Å²) in [7, 11) is 0. The molecule has 11 nitrogen and oxygen atoms in total. The number of anilines is 1. The molecule has 0 spiro atoms. The highest BCUT2D eigenvalue weighted by Crippen LogP contribution is 2.31. The Labute approximate surface area is 197 Å². The van der Waals surface area contributed by atoms with E-state index in [2.05, 4.69) is 15.2 Å². The summed E-state index contributed by atoms with van der Waals surface area (Å²) in [5.41, 5.74) is 1.02. The van der Waals surface area contributed by atoms with Crippen LogP contribution in [0.4, 0.5) is 10.8 Å². The number of nitrogens with one attached hydrogen (secondary N) is 1. The second-order valence-electron chi connectivity index (χ2n) is 7.91. The Morgan fingerprint density at radius 2 is 1.97 bits per heavy atom. The highest BCUT2D eigenvalue weighted by molar-refractivity contribution is 7.22. The lowest BCUT2D eigenvalue weighted by atomic mass is 10.1.